The average molecular weight is 269 g/mol. The van der Waals surface area contributed by atoms with Crippen LogP contribution in [-0.4, -0.2) is 42.0 Å². The van der Waals surface area contributed by atoms with E-state index in [1.807, 2.05) is 13.0 Å². The van der Waals surface area contributed by atoms with Crippen LogP contribution in [0.15, 0.2) is 12.3 Å². The molecule has 1 unspecified atom stereocenters. The Labute approximate surface area is 108 Å². The second-order valence-electron chi connectivity index (χ2n) is 5.25. The highest BCUT2D eigenvalue weighted by molar-refractivity contribution is 7.88. The largest absolute Gasteiger partial charge is 0.242 e. The predicted octanol–water partition coefficient (Wildman–Crippen LogP) is 1.10. The Morgan fingerprint density at radius 2 is 2.17 bits per heavy atom. The lowest BCUT2D eigenvalue weighted by Gasteiger charge is -2.38. The van der Waals surface area contributed by atoms with Crippen molar-refractivity contribution in [3.8, 4) is 0 Å². The first-order chi connectivity index (χ1) is 8.31. The van der Waals surface area contributed by atoms with Crippen molar-refractivity contribution in [3.05, 3.63) is 23.8 Å². The van der Waals surface area contributed by atoms with E-state index in [1.165, 1.54) is 6.26 Å². The third kappa shape index (κ3) is 2.70. The van der Waals surface area contributed by atoms with Gasteiger partial charge in [0.15, 0.2) is 0 Å². The maximum atomic E-state index is 11.7. The van der Waals surface area contributed by atoms with E-state index in [0.29, 0.717) is 13.1 Å². The molecule has 1 aliphatic rings. The second-order valence-corrected chi connectivity index (χ2v) is 7.23. The normalized spacial score (nSPS) is 26.2. The van der Waals surface area contributed by atoms with Crippen LogP contribution in [0.1, 0.15) is 31.3 Å². The first-order valence-corrected chi connectivity index (χ1v) is 7.91. The molecule has 2 rings (SSSR count). The SMILES string of the molecule is Cc1nccc(C2(C)CCCN(S(C)(=O)=O)C2)n1. The first-order valence-electron chi connectivity index (χ1n) is 6.06. The van der Waals surface area contributed by atoms with Crippen molar-refractivity contribution in [2.45, 2.75) is 32.1 Å². The fourth-order valence-corrected chi connectivity index (χ4v) is 3.46. The Morgan fingerprint density at radius 3 is 2.78 bits per heavy atom. The maximum Gasteiger partial charge on any atom is 0.211 e. The van der Waals surface area contributed by atoms with E-state index >= 15 is 0 Å². The van der Waals surface area contributed by atoms with Crippen molar-refractivity contribution in [1.29, 1.82) is 0 Å². The molecular weight excluding hydrogens is 250 g/mol. The molecule has 1 saturated heterocycles. The smallest absolute Gasteiger partial charge is 0.211 e. The summed E-state index contributed by atoms with van der Waals surface area (Å²) >= 11 is 0. The van der Waals surface area contributed by atoms with Crippen LogP contribution in [-0.2, 0) is 15.4 Å². The van der Waals surface area contributed by atoms with Crippen LogP contribution < -0.4 is 0 Å². The van der Waals surface area contributed by atoms with Crippen molar-refractivity contribution < 1.29 is 8.42 Å². The number of hydrogen-bond acceptors (Lipinski definition) is 4. The maximum absolute atomic E-state index is 11.7. The van der Waals surface area contributed by atoms with Gasteiger partial charge in [0.05, 0.1) is 11.9 Å². The summed E-state index contributed by atoms with van der Waals surface area (Å²) < 4.78 is 24.9. The summed E-state index contributed by atoms with van der Waals surface area (Å²) in [5.41, 5.74) is 0.720. The predicted molar refractivity (Wildman–Crippen MR) is 69.8 cm³/mol. The minimum Gasteiger partial charge on any atom is -0.242 e. The molecule has 0 radical (unpaired) electrons. The van der Waals surface area contributed by atoms with Crippen molar-refractivity contribution in [3.63, 3.8) is 0 Å². The molecule has 5 nitrogen and oxygen atoms in total. The first kappa shape index (κ1) is 13.4. The summed E-state index contributed by atoms with van der Waals surface area (Å²) in [4.78, 5) is 8.54. The van der Waals surface area contributed by atoms with Crippen LogP contribution in [0.3, 0.4) is 0 Å². The zero-order valence-corrected chi connectivity index (χ0v) is 11.9. The number of hydrogen-bond donors (Lipinski definition) is 0. The molecule has 0 N–H and O–H groups in total. The molecule has 0 bridgehead atoms. The monoisotopic (exact) mass is 269 g/mol. The molecule has 2 heterocycles. The minimum absolute atomic E-state index is 0.213. The summed E-state index contributed by atoms with van der Waals surface area (Å²) in [6.45, 7) is 5.04. The Bertz CT molecular complexity index is 544. The van der Waals surface area contributed by atoms with Gasteiger partial charge in [-0.15, -0.1) is 0 Å². The number of nitrogens with zero attached hydrogens (tertiary/aromatic N) is 3. The van der Waals surface area contributed by atoms with Gasteiger partial charge < -0.3 is 0 Å². The van der Waals surface area contributed by atoms with E-state index in [-0.39, 0.29) is 5.41 Å². The van der Waals surface area contributed by atoms with E-state index in [9.17, 15) is 8.42 Å². The van der Waals surface area contributed by atoms with Crippen LogP contribution >= 0.6 is 0 Å². The summed E-state index contributed by atoms with van der Waals surface area (Å²) in [7, 11) is -3.13. The quantitative estimate of drug-likeness (QED) is 0.806. The average Bonchev–Trinajstić information content (AvgIpc) is 2.28. The zero-order valence-electron chi connectivity index (χ0n) is 11.0. The highest BCUT2D eigenvalue weighted by atomic mass is 32.2. The van der Waals surface area contributed by atoms with Crippen LogP contribution in [0, 0.1) is 6.92 Å². The number of aromatic nitrogens is 2. The molecule has 1 fully saturated rings. The van der Waals surface area contributed by atoms with E-state index in [4.69, 9.17) is 0 Å². The summed E-state index contributed by atoms with van der Waals surface area (Å²) in [6.07, 6.45) is 4.83. The molecule has 18 heavy (non-hydrogen) atoms. The lowest BCUT2D eigenvalue weighted by atomic mass is 9.79. The molecule has 0 aromatic carbocycles. The zero-order chi connectivity index (χ0) is 13.4. The fraction of sp³-hybridized carbons (Fsp3) is 0.667. The van der Waals surface area contributed by atoms with Crippen LogP contribution in [0.2, 0.25) is 0 Å². The topological polar surface area (TPSA) is 63.2 Å². The Morgan fingerprint density at radius 1 is 1.44 bits per heavy atom. The molecule has 0 spiro atoms. The molecule has 6 heteroatoms. The number of aryl methyl sites for hydroxylation is 1. The standard InChI is InChI=1S/C12H19N3O2S/c1-10-13-7-5-11(14-10)12(2)6-4-8-15(9-12)18(3,16)17/h5,7H,4,6,8-9H2,1-3H3. The van der Waals surface area contributed by atoms with E-state index in [2.05, 4.69) is 16.9 Å². The molecule has 1 aromatic rings. The molecule has 0 aliphatic carbocycles. The van der Waals surface area contributed by atoms with Gasteiger partial charge in [-0.25, -0.2) is 22.7 Å². The Hall–Kier alpha value is -1.01. The van der Waals surface area contributed by atoms with Crippen molar-refractivity contribution in [1.82, 2.24) is 14.3 Å². The third-order valence-corrected chi connectivity index (χ3v) is 4.77. The van der Waals surface area contributed by atoms with Crippen LogP contribution in [0.4, 0.5) is 0 Å². The molecular formula is C12H19N3O2S. The highest BCUT2D eigenvalue weighted by Gasteiger charge is 2.37. The number of rotatable bonds is 2. The van der Waals surface area contributed by atoms with Gasteiger partial charge in [0.2, 0.25) is 10.0 Å². The van der Waals surface area contributed by atoms with Crippen molar-refractivity contribution in [2.24, 2.45) is 0 Å². The summed E-state index contributed by atoms with van der Waals surface area (Å²) in [5.74, 6) is 0.727. The Balaban J connectivity index is 2.31. The van der Waals surface area contributed by atoms with E-state index in [1.54, 1.807) is 10.5 Å². The van der Waals surface area contributed by atoms with Crippen LogP contribution in [0.5, 0.6) is 0 Å². The van der Waals surface area contributed by atoms with Crippen molar-refractivity contribution in [2.75, 3.05) is 19.3 Å². The van der Waals surface area contributed by atoms with Gasteiger partial charge in [-0.3, -0.25) is 0 Å². The molecule has 1 aromatic heterocycles. The minimum atomic E-state index is -3.13. The lowest BCUT2D eigenvalue weighted by molar-refractivity contribution is 0.237. The van der Waals surface area contributed by atoms with Crippen molar-refractivity contribution >= 4 is 10.0 Å². The summed E-state index contributed by atoms with van der Waals surface area (Å²) in [6, 6.07) is 1.89. The van der Waals surface area contributed by atoms with E-state index in [0.717, 1.165) is 24.4 Å². The van der Waals surface area contributed by atoms with Gasteiger partial charge in [0.1, 0.15) is 5.82 Å². The fourth-order valence-electron chi connectivity index (χ4n) is 2.48. The molecule has 1 atom stereocenters. The molecule has 0 saturated carbocycles. The second kappa shape index (κ2) is 4.59. The van der Waals surface area contributed by atoms with Gasteiger partial charge in [-0.2, -0.15) is 0 Å². The lowest BCUT2D eigenvalue weighted by Crippen LogP contribution is -2.47. The van der Waals surface area contributed by atoms with Gasteiger partial charge >= 0.3 is 0 Å². The highest BCUT2D eigenvalue weighted by Crippen LogP contribution is 2.33. The molecule has 100 valence electrons. The third-order valence-electron chi connectivity index (χ3n) is 3.52. The number of sulfonamides is 1. The molecule has 0 amide bonds. The van der Waals surface area contributed by atoms with Crippen LogP contribution in [0.25, 0.3) is 0 Å². The van der Waals surface area contributed by atoms with Gasteiger partial charge in [0.25, 0.3) is 0 Å². The number of piperidine rings is 1. The Kier molecular flexibility index (Phi) is 3.42. The van der Waals surface area contributed by atoms with Gasteiger partial charge in [0, 0.05) is 24.7 Å². The van der Waals surface area contributed by atoms with Gasteiger partial charge in [-0.05, 0) is 25.8 Å². The molecule has 1 aliphatic heterocycles. The van der Waals surface area contributed by atoms with Gasteiger partial charge in [-0.1, -0.05) is 6.92 Å². The summed E-state index contributed by atoms with van der Waals surface area (Å²) in [5, 5.41) is 0. The van der Waals surface area contributed by atoms with E-state index < -0.39 is 10.0 Å².